The maximum atomic E-state index is 5.52. The highest BCUT2D eigenvalue weighted by molar-refractivity contribution is 5.59. The number of benzene rings is 1. The standard InChI is InChI=1S/C13H17N3/c1-11-3-5-12(6-4-11)13-9-15-10-16(13)8-2-7-14/h3-6,9-10H,2,7-8,14H2,1H3. The fraction of sp³-hybridized carbons (Fsp3) is 0.308. The fourth-order valence-electron chi connectivity index (χ4n) is 1.73. The third-order valence-corrected chi connectivity index (χ3v) is 2.66. The zero-order chi connectivity index (χ0) is 11.4. The lowest BCUT2D eigenvalue weighted by molar-refractivity contribution is 0.655. The molecule has 1 heterocycles. The Morgan fingerprint density at radius 1 is 1.25 bits per heavy atom. The van der Waals surface area contributed by atoms with Crippen LogP contribution in [0.4, 0.5) is 0 Å². The average Bonchev–Trinajstić information content (AvgIpc) is 2.75. The third kappa shape index (κ3) is 2.31. The molecular formula is C13H17N3. The molecule has 0 saturated heterocycles. The van der Waals surface area contributed by atoms with Crippen molar-refractivity contribution in [3.8, 4) is 11.3 Å². The van der Waals surface area contributed by atoms with Crippen LogP contribution in [0.3, 0.4) is 0 Å². The summed E-state index contributed by atoms with van der Waals surface area (Å²) in [6.07, 6.45) is 4.75. The number of nitrogens with two attached hydrogens (primary N) is 1. The van der Waals surface area contributed by atoms with Gasteiger partial charge in [-0.1, -0.05) is 29.8 Å². The van der Waals surface area contributed by atoms with Crippen LogP contribution in [0.5, 0.6) is 0 Å². The minimum Gasteiger partial charge on any atom is -0.331 e. The van der Waals surface area contributed by atoms with Gasteiger partial charge in [-0.15, -0.1) is 0 Å². The molecule has 0 spiro atoms. The second-order valence-electron chi connectivity index (χ2n) is 3.98. The Kier molecular flexibility index (Phi) is 3.37. The van der Waals surface area contributed by atoms with Gasteiger partial charge >= 0.3 is 0 Å². The van der Waals surface area contributed by atoms with Crippen molar-refractivity contribution < 1.29 is 0 Å². The van der Waals surface area contributed by atoms with E-state index in [9.17, 15) is 0 Å². The molecule has 84 valence electrons. The van der Waals surface area contributed by atoms with E-state index < -0.39 is 0 Å². The normalized spacial score (nSPS) is 10.6. The molecule has 0 aliphatic carbocycles. The predicted octanol–water partition coefficient (Wildman–Crippen LogP) is 2.21. The van der Waals surface area contributed by atoms with Gasteiger partial charge in [-0.3, -0.25) is 0 Å². The monoisotopic (exact) mass is 215 g/mol. The van der Waals surface area contributed by atoms with Crippen molar-refractivity contribution in [3.63, 3.8) is 0 Å². The Balaban J connectivity index is 2.26. The van der Waals surface area contributed by atoms with Gasteiger partial charge in [-0.05, 0) is 25.5 Å². The van der Waals surface area contributed by atoms with Crippen LogP contribution in [-0.4, -0.2) is 16.1 Å². The molecule has 0 aliphatic rings. The quantitative estimate of drug-likeness (QED) is 0.849. The fourth-order valence-corrected chi connectivity index (χ4v) is 1.73. The van der Waals surface area contributed by atoms with Crippen molar-refractivity contribution in [1.82, 2.24) is 9.55 Å². The van der Waals surface area contributed by atoms with Gasteiger partial charge in [0.15, 0.2) is 0 Å². The van der Waals surface area contributed by atoms with Crippen LogP contribution >= 0.6 is 0 Å². The largest absolute Gasteiger partial charge is 0.331 e. The summed E-state index contributed by atoms with van der Waals surface area (Å²) in [7, 11) is 0. The van der Waals surface area contributed by atoms with Crippen LogP contribution in [0.1, 0.15) is 12.0 Å². The van der Waals surface area contributed by atoms with E-state index in [2.05, 4.69) is 40.7 Å². The van der Waals surface area contributed by atoms with E-state index in [0.29, 0.717) is 6.54 Å². The summed E-state index contributed by atoms with van der Waals surface area (Å²) < 4.78 is 2.15. The van der Waals surface area contributed by atoms with E-state index >= 15 is 0 Å². The van der Waals surface area contributed by atoms with E-state index in [0.717, 1.165) is 18.7 Å². The summed E-state index contributed by atoms with van der Waals surface area (Å²) in [5.74, 6) is 0. The van der Waals surface area contributed by atoms with E-state index in [1.807, 2.05) is 12.5 Å². The summed E-state index contributed by atoms with van der Waals surface area (Å²) in [5.41, 5.74) is 9.16. The van der Waals surface area contributed by atoms with Crippen LogP contribution < -0.4 is 5.73 Å². The number of rotatable bonds is 4. The molecule has 0 atom stereocenters. The Bertz CT molecular complexity index is 442. The minimum absolute atomic E-state index is 0.714. The number of aromatic nitrogens is 2. The van der Waals surface area contributed by atoms with Crippen LogP contribution in [0.15, 0.2) is 36.8 Å². The molecule has 0 bridgehead atoms. The van der Waals surface area contributed by atoms with Crippen LogP contribution in [0.2, 0.25) is 0 Å². The molecule has 0 radical (unpaired) electrons. The smallest absolute Gasteiger partial charge is 0.0950 e. The molecule has 0 unspecified atom stereocenters. The Hall–Kier alpha value is -1.61. The Labute approximate surface area is 95.9 Å². The summed E-state index contributed by atoms with van der Waals surface area (Å²) in [6.45, 7) is 3.74. The highest BCUT2D eigenvalue weighted by Crippen LogP contribution is 2.19. The van der Waals surface area contributed by atoms with Gasteiger partial charge in [0.1, 0.15) is 0 Å². The first kappa shape index (κ1) is 10.9. The first-order valence-electron chi connectivity index (χ1n) is 5.58. The maximum Gasteiger partial charge on any atom is 0.0950 e. The third-order valence-electron chi connectivity index (χ3n) is 2.66. The molecule has 0 amide bonds. The second-order valence-corrected chi connectivity index (χ2v) is 3.98. The number of hydrogen-bond acceptors (Lipinski definition) is 2. The summed E-state index contributed by atoms with van der Waals surface area (Å²) >= 11 is 0. The van der Waals surface area contributed by atoms with Gasteiger partial charge in [-0.2, -0.15) is 0 Å². The van der Waals surface area contributed by atoms with Crippen LogP contribution in [0.25, 0.3) is 11.3 Å². The molecular weight excluding hydrogens is 198 g/mol. The van der Waals surface area contributed by atoms with Crippen molar-refractivity contribution in [2.24, 2.45) is 5.73 Å². The predicted molar refractivity (Wildman–Crippen MR) is 66.1 cm³/mol. The average molecular weight is 215 g/mol. The SMILES string of the molecule is Cc1ccc(-c2cncn2CCCN)cc1. The Morgan fingerprint density at radius 3 is 2.69 bits per heavy atom. The first-order chi connectivity index (χ1) is 7.81. The molecule has 0 fully saturated rings. The van der Waals surface area contributed by atoms with E-state index in [1.54, 1.807) is 0 Å². The number of imidazole rings is 1. The van der Waals surface area contributed by atoms with E-state index in [1.165, 1.54) is 11.1 Å². The topological polar surface area (TPSA) is 43.8 Å². The molecule has 0 saturated carbocycles. The minimum atomic E-state index is 0.714. The Morgan fingerprint density at radius 2 is 2.00 bits per heavy atom. The number of aryl methyl sites for hydroxylation is 2. The first-order valence-corrected chi connectivity index (χ1v) is 5.58. The van der Waals surface area contributed by atoms with Crippen LogP contribution in [0, 0.1) is 6.92 Å². The molecule has 2 rings (SSSR count). The highest BCUT2D eigenvalue weighted by atomic mass is 15.0. The maximum absolute atomic E-state index is 5.52. The summed E-state index contributed by atoms with van der Waals surface area (Å²) in [6, 6.07) is 8.50. The molecule has 3 nitrogen and oxygen atoms in total. The molecule has 0 aliphatic heterocycles. The second kappa shape index (κ2) is 4.94. The molecule has 1 aromatic carbocycles. The zero-order valence-corrected chi connectivity index (χ0v) is 9.56. The summed E-state index contributed by atoms with van der Waals surface area (Å²) in [5, 5.41) is 0. The summed E-state index contributed by atoms with van der Waals surface area (Å²) in [4.78, 5) is 4.20. The van der Waals surface area contributed by atoms with E-state index in [4.69, 9.17) is 5.73 Å². The number of nitrogens with zero attached hydrogens (tertiary/aromatic N) is 2. The molecule has 2 aromatic rings. The van der Waals surface area contributed by atoms with Gasteiger partial charge in [0.05, 0.1) is 18.2 Å². The van der Waals surface area contributed by atoms with Gasteiger partial charge in [0.2, 0.25) is 0 Å². The molecule has 2 N–H and O–H groups in total. The van der Waals surface area contributed by atoms with Crippen molar-refractivity contribution >= 4 is 0 Å². The van der Waals surface area contributed by atoms with Crippen molar-refractivity contribution in [3.05, 3.63) is 42.4 Å². The van der Waals surface area contributed by atoms with Crippen molar-refractivity contribution in [2.75, 3.05) is 6.54 Å². The lowest BCUT2D eigenvalue weighted by Gasteiger charge is -2.07. The van der Waals surface area contributed by atoms with Gasteiger partial charge in [0, 0.05) is 6.54 Å². The zero-order valence-electron chi connectivity index (χ0n) is 9.56. The van der Waals surface area contributed by atoms with Crippen molar-refractivity contribution in [2.45, 2.75) is 19.9 Å². The molecule has 1 aromatic heterocycles. The molecule has 16 heavy (non-hydrogen) atoms. The van der Waals surface area contributed by atoms with Crippen molar-refractivity contribution in [1.29, 1.82) is 0 Å². The molecule has 3 heteroatoms. The van der Waals surface area contributed by atoms with Crippen LogP contribution in [-0.2, 0) is 6.54 Å². The van der Waals surface area contributed by atoms with E-state index in [-0.39, 0.29) is 0 Å². The lowest BCUT2D eigenvalue weighted by Crippen LogP contribution is -2.05. The van der Waals surface area contributed by atoms with Gasteiger partial charge < -0.3 is 10.3 Å². The van der Waals surface area contributed by atoms with Gasteiger partial charge in [0.25, 0.3) is 0 Å². The number of hydrogen-bond donors (Lipinski definition) is 1. The lowest BCUT2D eigenvalue weighted by atomic mass is 10.1. The highest BCUT2D eigenvalue weighted by Gasteiger charge is 2.03. The van der Waals surface area contributed by atoms with Gasteiger partial charge in [-0.25, -0.2) is 4.98 Å².